The molecular weight excluding hydrogens is 445 g/mol. The summed E-state index contributed by atoms with van der Waals surface area (Å²) in [5, 5.41) is 9.25. The van der Waals surface area contributed by atoms with Crippen LogP contribution in [-0.2, 0) is 27.2 Å². The van der Waals surface area contributed by atoms with Crippen molar-refractivity contribution in [2.24, 2.45) is 5.73 Å². The number of amides is 3. The number of hydrogen-bond acceptors (Lipinski definition) is 3. The topological polar surface area (TPSA) is 101 Å². The lowest BCUT2D eigenvalue weighted by atomic mass is 9.92. The van der Waals surface area contributed by atoms with Crippen molar-refractivity contribution in [1.82, 2.24) is 10.6 Å². The minimum absolute atomic E-state index is 0.0614. The fourth-order valence-corrected chi connectivity index (χ4v) is 4.38. The van der Waals surface area contributed by atoms with Crippen molar-refractivity contribution in [3.05, 3.63) is 95.8 Å². The van der Waals surface area contributed by atoms with E-state index in [4.69, 9.17) is 5.73 Å². The second kappa shape index (κ2) is 10.3. The Kier molecular flexibility index (Phi) is 7.06. The number of carbonyl (C=O) groups is 3. The van der Waals surface area contributed by atoms with Gasteiger partial charge in [0.15, 0.2) is 0 Å². The van der Waals surface area contributed by atoms with Crippen molar-refractivity contribution in [1.29, 1.82) is 0 Å². The molecule has 4 rings (SSSR count). The van der Waals surface area contributed by atoms with Gasteiger partial charge in [0.25, 0.3) is 0 Å². The largest absolute Gasteiger partial charge is 0.368 e. The molecule has 0 aliphatic carbocycles. The standard InChI is InChI=1S/C28H26FN3O3/c1-17(33)31-26(14-18-7-6-10-21(29)13-18)28(35)32-25(27(30)34)16-24-22-11-4-2-8-19(22)15-20-9-3-5-12-23(20)24/h2-13,15,25-26H,14,16H2,1H3,(H2,30,34)(H,31,33)(H,32,35)/t25-,26-/m0/s1. The summed E-state index contributed by atoms with van der Waals surface area (Å²) in [6.07, 6.45) is 0.238. The lowest BCUT2D eigenvalue weighted by molar-refractivity contribution is -0.130. The monoisotopic (exact) mass is 471 g/mol. The molecule has 0 unspecified atom stereocenters. The van der Waals surface area contributed by atoms with Crippen LogP contribution in [0.4, 0.5) is 4.39 Å². The van der Waals surface area contributed by atoms with E-state index in [9.17, 15) is 18.8 Å². The highest BCUT2D eigenvalue weighted by Crippen LogP contribution is 2.29. The molecule has 4 aromatic carbocycles. The second-order valence-electron chi connectivity index (χ2n) is 8.55. The number of nitrogens with two attached hydrogens (primary N) is 1. The van der Waals surface area contributed by atoms with Gasteiger partial charge < -0.3 is 16.4 Å². The first kappa shape index (κ1) is 23.9. The molecule has 0 aromatic heterocycles. The van der Waals surface area contributed by atoms with Gasteiger partial charge in [-0.2, -0.15) is 0 Å². The molecule has 3 amide bonds. The molecule has 0 radical (unpaired) electrons. The minimum Gasteiger partial charge on any atom is -0.368 e. The van der Waals surface area contributed by atoms with Crippen molar-refractivity contribution in [2.45, 2.75) is 31.8 Å². The minimum atomic E-state index is -1.01. The average Bonchev–Trinajstić information content (AvgIpc) is 2.82. The first-order valence-electron chi connectivity index (χ1n) is 11.3. The van der Waals surface area contributed by atoms with E-state index in [-0.39, 0.29) is 12.8 Å². The van der Waals surface area contributed by atoms with Crippen LogP contribution < -0.4 is 16.4 Å². The maximum Gasteiger partial charge on any atom is 0.243 e. The number of primary amides is 1. The maximum atomic E-state index is 13.6. The summed E-state index contributed by atoms with van der Waals surface area (Å²) >= 11 is 0. The van der Waals surface area contributed by atoms with Crippen LogP contribution in [0.2, 0.25) is 0 Å². The normalized spacial score (nSPS) is 12.7. The molecule has 178 valence electrons. The van der Waals surface area contributed by atoms with Crippen LogP contribution in [0.15, 0.2) is 78.9 Å². The molecule has 0 aliphatic rings. The zero-order chi connectivity index (χ0) is 24.9. The van der Waals surface area contributed by atoms with Crippen LogP contribution in [0, 0.1) is 5.82 Å². The Labute approximate surface area is 202 Å². The van der Waals surface area contributed by atoms with Gasteiger partial charge in [0.05, 0.1) is 0 Å². The lowest BCUT2D eigenvalue weighted by Crippen LogP contribution is -2.54. The molecule has 0 fully saturated rings. The summed E-state index contributed by atoms with van der Waals surface area (Å²) in [4.78, 5) is 37.4. The fraction of sp³-hybridized carbons (Fsp3) is 0.179. The molecule has 2 atom stereocenters. The van der Waals surface area contributed by atoms with Crippen LogP contribution in [0.3, 0.4) is 0 Å². The van der Waals surface area contributed by atoms with Crippen molar-refractivity contribution in [3.63, 3.8) is 0 Å². The van der Waals surface area contributed by atoms with E-state index in [1.165, 1.54) is 25.1 Å². The Balaban J connectivity index is 1.64. The second-order valence-corrected chi connectivity index (χ2v) is 8.55. The van der Waals surface area contributed by atoms with Crippen LogP contribution in [0.5, 0.6) is 0 Å². The predicted molar refractivity (Wildman–Crippen MR) is 134 cm³/mol. The molecule has 7 heteroatoms. The van der Waals surface area contributed by atoms with Crippen molar-refractivity contribution in [3.8, 4) is 0 Å². The van der Waals surface area contributed by atoms with Crippen LogP contribution >= 0.6 is 0 Å². The molecule has 4 N–H and O–H groups in total. The SMILES string of the molecule is CC(=O)N[C@@H](Cc1cccc(F)c1)C(=O)N[C@@H](Cc1c2ccccc2cc2ccccc12)C(N)=O. The average molecular weight is 472 g/mol. The molecule has 0 spiro atoms. The molecule has 0 heterocycles. The van der Waals surface area contributed by atoms with Gasteiger partial charge in [-0.3, -0.25) is 14.4 Å². The van der Waals surface area contributed by atoms with Crippen molar-refractivity contribution >= 4 is 39.3 Å². The van der Waals surface area contributed by atoms with E-state index >= 15 is 0 Å². The van der Waals surface area contributed by atoms with Crippen LogP contribution in [0.1, 0.15) is 18.1 Å². The first-order valence-corrected chi connectivity index (χ1v) is 11.3. The summed E-state index contributed by atoms with van der Waals surface area (Å²) in [7, 11) is 0. The first-order chi connectivity index (χ1) is 16.8. The predicted octanol–water partition coefficient (Wildman–Crippen LogP) is 3.39. The molecule has 0 saturated heterocycles. The van der Waals surface area contributed by atoms with E-state index in [1.807, 2.05) is 48.5 Å². The third-order valence-corrected chi connectivity index (χ3v) is 5.97. The Bertz CT molecular complexity index is 1370. The highest BCUT2D eigenvalue weighted by molar-refractivity contribution is 6.03. The Morgan fingerprint density at radius 3 is 2.00 bits per heavy atom. The van der Waals surface area contributed by atoms with Crippen molar-refractivity contribution in [2.75, 3.05) is 0 Å². The number of rotatable bonds is 8. The van der Waals surface area contributed by atoms with Gasteiger partial charge in [0, 0.05) is 19.8 Å². The summed E-state index contributed by atoms with van der Waals surface area (Å²) < 4.78 is 13.6. The van der Waals surface area contributed by atoms with Crippen LogP contribution in [0.25, 0.3) is 21.5 Å². The van der Waals surface area contributed by atoms with Crippen LogP contribution in [-0.4, -0.2) is 29.8 Å². The zero-order valence-corrected chi connectivity index (χ0v) is 19.3. The summed E-state index contributed by atoms with van der Waals surface area (Å²) in [5.41, 5.74) is 7.13. The van der Waals surface area contributed by atoms with Crippen molar-refractivity contribution < 1.29 is 18.8 Å². The molecule has 0 saturated carbocycles. The highest BCUT2D eigenvalue weighted by Gasteiger charge is 2.26. The quantitative estimate of drug-likeness (QED) is 0.343. The lowest BCUT2D eigenvalue weighted by Gasteiger charge is -2.23. The Morgan fingerprint density at radius 1 is 0.800 bits per heavy atom. The van der Waals surface area contributed by atoms with Gasteiger partial charge in [0.2, 0.25) is 17.7 Å². The van der Waals surface area contributed by atoms with Gasteiger partial charge in [0.1, 0.15) is 17.9 Å². The number of fused-ring (bicyclic) bond motifs is 2. The Hall–Kier alpha value is -4.26. The number of benzene rings is 4. The van der Waals surface area contributed by atoms with E-state index in [1.54, 1.807) is 6.07 Å². The smallest absolute Gasteiger partial charge is 0.243 e. The number of halogens is 1. The zero-order valence-electron chi connectivity index (χ0n) is 19.3. The van der Waals surface area contributed by atoms with E-state index in [0.29, 0.717) is 5.56 Å². The molecular formula is C28H26FN3O3. The summed E-state index contributed by atoms with van der Waals surface area (Å²) in [6, 6.07) is 21.5. The molecule has 4 aromatic rings. The highest BCUT2D eigenvalue weighted by atomic mass is 19.1. The van der Waals surface area contributed by atoms with Gasteiger partial charge >= 0.3 is 0 Å². The fourth-order valence-electron chi connectivity index (χ4n) is 4.38. The third-order valence-electron chi connectivity index (χ3n) is 5.97. The molecule has 35 heavy (non-hydrogen) atoms. The number of hydrogen-bond donors (Lipinski definition) is 3. The molecule has 0 bridgehead atoms. The third kappa shape index (κ3) is 5.63. The maximum absolute atomic E-state index is 13.6. The molecule has 6 nitrogen and oxygen atoms in total. The number of nitrogens with one attached hydrogen (secondary N) is 2. The summed E-state index contributed by atoms with van der Waals surface area (Å²) in [5.74, 6) is -2.12. The van der Waals surface area contributed by atoms with Gasteiger partial charge in [-0.25, -0.2) is 4.39 Å². The van der Waals surface area contributed by atoms with Gasteiger partial charge in [-0.15, -0.1) is 0 Å². The van der Waals surface area contributed by atoms with Gasteiger partial charge in [-0.05, 0) is 50.9 Å². The molecule has 0 aliphatic heterocycles. The summed E-state index contributed by atoms with van der Waals surface area (Å²) in [6.45, 7) is 1.29. The van der Waals surface area contributed by atoms with E-state index < -0.39 is 35.6 Å². The number of carbonyl (C=O) groups excluding carboxylic acids is 3. The van der Waals surface area contributed by atoms with E-state index in [0.717, 1.165) is 27.1 Å². The Morgan fingerprint density at radius 2 is 1.43 bits per heavy atom. The van der Waals surface area contributed by atoms with E-state index in [2.05, 4.69) is 16.7 Å². The van der Waals surface area contributed by atoms with Gasteiger partial charge in [-0.1, -0.05) is 60.7 Å².